The molecule has 1 aliphatic rings. The molecular formula is C17H15FN2O4. The first kappa shape index (κ1) is 15.9. The summed E-state index contributed by atoms with van der Waals surface area (Å²) >= 11 is 0. The first-order chi connectivity index (χ1) is 11.5. The Bertz CT molecular complexity index is 792. The Hall–Kier alpha value is -2.96. The Morgan fingerprint density at radius 3 is 2.62 bits per heavy atom. The van der Waals surface area contributed by atoms with Crippen molar-refractivity contribution in [3.8, 4) is 5.75 Å². The lowest BCUT2D eigenvalue weighted by molar-refractivity contribution is -0.385. The van der Waals surface area contributed by atoms with Gasteiger partial charge in [-0.1, -0.05) is 18.2 Å². The van der Waals surface area contributed by atoms with Gasteiger partial charge in [-0.05, 0) is 30.2 Å². The quantitative estimate of drug-likeness (QED) is 0.692. The highest BCUT2D eigenvalue weighted by atomic mass is 19.1. The highest BCUT2D eigenvalue weighted by Gasteiger charge is 2.31. The second-order valence-corrected chi connectivity index (χ2v) is 5.72. The molecule has 0 aliphatic carbocycles. The molecule has 0 aromatic heterocycles. The predicted molar refractivity (Wildman–Crippen MR) is 84.4 cm³/mol. The first-order valence-corrected chi connectivity index (χ1v) is 7.48. The zero-order chi connectivity index (χ0) is 17.3. The van der Waals surface area contributed by atoms with Crippen LogP contribution in [0.4, 0.5) is 10.1 Å². The number of hydrogen-bond acceptors (Lipinski definition) is 4. The summed E-state index contributed by atoms with van der Waals surface area (Å²) in [4.78, 5) is 24.3. The van der Waals surface area contributed by atoms with Crippen molar-refractivity contribution >= 4 is 11.6 Å². The van der Waals surface area contributed by atoms with E-state index >= 15 is 0 Å². The number of amides is 1. The zero-order valence-electron chi connectivity index (χ0n) is 12.7. The number of phenolic OH excluding ortho intramolecular Hbond substituents is 1. The molecule has 7 heteroatoms. The van der Waals surface area contributed by atoms with Gasteiger partial charge in [0.2, 0.25) is 5.75 Å². The van der Waals surface area contributed by atoms with Crippen LogP contribution in [0.1, 0.15) is 28.3 Å². The van der Waals surface area contributed by atoms with Crippen molar-refractivity contribution < 1.29 is 19.2 Å². The van der Waals surface area contributed by atoms with Crippen molar-refractivity contribution in [1.29, 1.82) is 0 Å². The van der Waals surface area contributed by atoms with E-state index in [1.54, 1.807) is 17.0 Å². The van der Waals surface area contributed by atoms with Gasteiger partial charge in [0.25, 0.3) is 5.91 Å². The minimum Gasteiger partial charge on any atom is -0.502 e. The van der Waals surface area contributed by atoms with Crippen molar-refractivity contribution in [2.45, 2.75) is 12.3 Å². The van der Waals surface area contributed by atoms with Crippen LogP contribution in [0, 0.1) is 15.9 Å². The molecule has 6 nitrogen and oxygen atoms in total. The molecule has 1 aliphatic heterocycles. The fourth-order valence-electron chi connectivity index (χ4n) is 2.97. The summed E-state index contributed by atoms with van der Waals surface area (Å²) in [6.07, 6.45) is 0.715. The van der Waals surface area contributed by atoms with E-state index in [1.807, 2.05) is 0 Å². The molecule has 1 amide bonds. The van der Waals surface area contributed by atoms with Gasteiger partial charge in [-0.3, -0.25) is 14.9 Å². The fourth-order valence-corrected chi connectivity index (χ4v) is 2.97. The summed E-state index contributed by atoms with van der Waals surface area (Å²) < 4.78 is 13.0. The molecule has 1 N–H and O–H groups in total. The molecule has 2 aromatic rings. The maximum atomic E-state index is 13.0. The van der Waals surface area contributed by atoms with Crippen molar-refractivity contribution in [1.82, 2.24) is 4.90 Å². The lowest BCUT2D eigenvalue weighted by Crippen LogP contribution is -2.28. The van der Waals surface area contributed by atoms with Gasteiger partial charge < -0.3 is 10.0 Å². The number of hydrogen-bond donors (Lipinski definition) is 1. The summed E-state index contributed by atoms with van der Waals surface area (Å²) in [6, 6.07) is 10.0. The summed E-state index contributed by atoms with van der Waals surface area (Å²) in [5.41, 5.74) is 0.369. The molecular weight excluding hydrogens is 315 g/mol. The Morgan fingerprint density at radius 1 is 1.25 bits per heavy atom. The van der Waals surface area contributed by atoms with Crippen LogP contribution in [-0.4, -0.2) is 33.9 Å². The molecule has 1 heterocycles. The minimum absolute atomic E-state index is 0.0791. The number of likely N-dealkylation sites (tertiary alicyclic amines) is 1. The Morgan fingerprint density at radius 2 is 1.96 bits per heavy atom. The number of nitrogens with zero attached hydrogens (tertiary/aromatic N) is 2. The van der Waals surface area contributed by atoms with Gasteiger partial charge in [-0.15, -0.1) is 0 Å². The summed E-state index contributed by atoms with van der Waals surface area (Å²) in [6.45, 7) is 0.898. The van der Waals surface area contributed by atoms with Crippen LogP contribution >= 0.6 is 0 Å². The van der Waals surface area contributed by atoms with Crippen LogP contribution in [0.3, 0.4) is 0 Å². The van der Waals surface area contributed by atoms with E-state index in [-0.39, 0.29) is 17.3 Å². The van der Waals surface area contributed by atoms with Crippen molar-refractivity contribution in [3.63, 3.8) is 0 Å². The number of aromatic hydroxyl groups is 1. The maximum absolute atomic E-state index is 13.0. The van der Waals surface area contributed by atoms with E-state index in [0.717, 1.165) is 11.6 Å². The number of nitro groups is 1. The van der Waals surface area contributed by atoms with E-state index in [9.17, 15) is 24.4 Å². The normalized spacial score (nSPS) is 17.0. The van der Waals surface area contributed by atoms with Crippen molar-refractivity contribution in [2.75, 3.05) is 13.1 Å². The van der Waals surface area contributed by atoms with E-state index in [1.165, 1.54) is 24.3 Å². The van der Waals surface area contributed by atoms with Gasteiger partial charge >= 0.3 is 5.69 Å². The number of carbonyl (C=O) groups is 1. The van der Waals surface area contributed by atoms with Gasteiger partial charge in [0.15, 0.2) is 0 Å². The number of carbonyl (C=O) groups excluding carboxylic acids is 1. The molecule has 0 unspecified atom stereocenters. The molecule has 1 atom stereocenters. The minimum atomic E-state index is -0.725. The van der Waals surface area contributed by atoms with Crippen LogP contribution in [-0.2, 0) is 0 Å². The number of rotatable bonds is 3. The summed E-state index contributed by atoms with van der Waals surface area (Å²) in [5, 5.41) is 20.8. The van der Waals surface area contributed by atoms with Crippen molar-refractivity contribution in [3.05, 3.63) is 69.5 Å². The molecule has 0 radical (unpaired) electrons. The maximum Gasteiger partial charge on any atom is 0.311 e. The topological polar surface area (TPSA) is 83.7 Å². The lowest BCUT2D eigenvalue weighted by atomic mass is 9.98. The summed E-state index contributed by atoms with van der Waals surface area (Å²) in [5.74, 6) is -1.29. The monoisotopic (exact) mass is 330 g/mol. The van der Waals surface area contributed by atoms with Gasteiger partial charge in [-0.25, -0.2) is 4.39 Å². The predicted octanol–water partition coefficient (Wildman–Crippen LogP) is 3.07. The van der Waals surface area contributed by atoms with E-state index in [0.29, 0.717) is 19.5 Å². The number of halogens is 1. The smallest absolute Gasteiger partial charge is 0.311 e. The third-order valence-electron chi connectivity index (χ3n) is 4.26. The average molecular weight is 330 g/mol. The van der Waals surface area contributed by atoms with Crippen molar-refractivity contribution in [2.24, 2.45) is 0 Å². The molecule has 3 rings (SSSR count). The average Bonchev–Trinajstić information content (AvgIpc) is 3.05. The summed E-state index contributed by atoms with van der Waals surface area (Å²) in [7, 11) is 0. The van der Waals surface area contributed by atoms with Crippen LogP contribution < -0.4 is 0 Å². The molecule has 0 spiro atoms. The van der Waals surface area contributed by atoms with Crippen LogP contribution in [0.25, 0.3) is 0 Å². The molecule has 124 valence electrons. The Balaban J connectivity index is 1.79. The fraction of sp³-hybridized carbons (Fsp3) is 0.235. The number of benzene rings is 2. The molecule has 24 heavy (non-hydrogen) atoms. The van der Waals surface area contributed by atoms with Crippen LogP contribution in [0.2, 0.25) is 0 Å². The third-order valence-corrected chi connectivity index (χ3v) is 4.26. The second-order valence-electron chi connectivity index (χ2n) is 5.72. The number of nitro benzene ring substituents is 1. The third kappa shape index (κ3) is 2.92. The van der Waals surface area contributed by atoms with E-state index in [2.05, 4.69) is 0 Å². The van der Waals surface area contributed by atoms with E-state index < -0.39 is 22.3 Å². The van der Waals surface area contributed by atoms with Gasteiger partial charge in [-0.2, -0.15) is 0 Å². The van der Waals surface area contributed by atoms with E-state index in [4.69, 9.17) is 0 Å². The second kappa shape index (κ2) is 6.27. The zero-order valence-corrected chi connectivity index (χ0v) is 12.7. The molecule has 2 aromatic carbocycles. The highest BCUT2D eigenvalue weighted by Crippen LogP contribution is 2.33. The Kier molecular flexibility index (Phi) is 4.16. The van der Waals surface area contributed by atoms with Crippen LogP contribution in [0.15, 0.2) is 42.5 Å². The lowest BCUT2D eigenvalue weighted by Gasteiger charge is -2.17. The largest absolute Gasteiger partial charge is 0.502 e. The molecule has 0 saturated carbocycles. The van der Waals surface area contributed by atoms with Crippen LogP contribution in [0.5, 0.6) is 5.75 Å². The molecule has 1 fully saturated rings. The highest BCUT2D eigenvalue weighted by molar-refractivity contribution is 5.98. The Labute approximate surface area is 137 Å². The number of para-hydroxylation sites is 1. The first-order valence-electron chi connectivity index (χ1n) is 7.48. The standard InChI is InChI=1S/C17H15FN2O4/c18-13-6-4-11(5-7-13)12-8-9-19(10-12)17(22)14-2-1-3-15(16(14)21)20(23)24/h1-7,12,21H,8-10H2/t12-/m1/s1. The van der Waals surface area contributed by atoms with Gasteiger partial charge in [0.05, 0.1) is 10.5 Å². The van der Waals surface area contributed by atoms with Gasteiger partial charge in [0, 0.05) is 25.1 Å². The molecule has 1 saturated heterocycles. The number of phenols is 1. The van der Waals surface area contributed by atoms with Gasteiger partial charge in [0.1, 0.15) is 5.82 Å². The molecule has 0 bridgehead atoms. The SMILES string of the molecule is O=C(c1cccc([N+](=O)[O-])c1O)N1CC[C@@H](c2ccc(F)cc2)C1.